The molecule has 0 atom stereocenters. The molecule has 0 unspecified atom stereocenters. The molecule has 0 saturated carbocycles. The molecule has 0 heterocycles. The molecule has 1 nitrogen and oxygen atoms in total. The Kier molecular flexibility index (Phi) is 3.03. The van der Waals surface area contributed by atoms with E-state index < -0.39 is 3.60 Å². The minimum Gasteiger partial charge on any atom is -0.217 e. The highest BCUT2D eigenvalue weighted by Crippen LogP contribution is 2.76. The molecule has 0 aromatic heterocycles. The molecule has 0 aromatic carbocycles. The highest BCUT2D eigenvalue weighted by Gasteiger charge is 2.23. The van der Waals surface area contributed by atoms with Crippen LogP contribution in [0, 0.1) is 0 Å². The first-order valence-corrected chi connectivity index (χ1v) is 8.50. The first-order chi connectivity index (χ1) is 2.00. The second-order valence-electron chi connectivity index (χ2n) is 0.418. The summed E-state index contributed by atoms with van der Waals surface area (Å²) >= 11 is 8.62. The fourth-order valence-corrected chi connectivity index (χ4v) is 0. The summed E-state index contributed by atoms with van der Waals surface area (Å²) in [5.74, 6) is 0. The van der Waals surface area contributed by atoms with Gasteiger partial charge in [-0.3, -0.25) is 0 Å². The van der Waals surface area contributed by atoms with Crippen LogP contribution in [-0.4, -0.2) is 4.89 Å². The van der Waals surface area contributed by atoms with Gasteiger partial charge in [0.25, 0.3) is 0 Å². The highest BCUT2D eigenvalue weighted by molar-refractivity contribution is 9.95. The first kappa shape index (κ1) is 6.83. The lowest BCUT2D eigenvalue weighted by Crippen LogP contribution is -1.39. The van der Waals surface area contributed by atoms with Crippen LogP contribution in [0.1, 0.15) is 0 Å². The van der Waals surface area contributed by atoms with Crippen molar-refractivity contribution in [1.82, 2.24) is 0 Å². The Labute approximate surface area is 54.8 Å². The molecular formula is HBr3OP+. The molecule has 0 amide bonds. The Bertz CT molecular complexity index is 22.4. The van der Waals surface area contributed by atoms with Gasteiger partial charge in [-0.05, 0) is 0 Å². The molecule has 0 aliphatic heterocycles. The molecule has 0 aliphatic carbocycles. The Balaban J connectivity index is 3.02. The van der Waals surface area contributed by atoms with Crippen LogP contribution in [0.4, 0.5) is 0 Å². The van der Waals surface area contributed by atoms with Crippen molar-refractivity contribution < 1.29 is 4.89 Å². The number of hydrogen-bond donors (Lipinski definition) is 1. The second-order valence-corrected chi connectivity index (χ2v) is 19.1. The zero-order valence-electron chi connectivity index (χ0n) is 2.03. The number of halogens is 3. The van der Waals surface area contributed by atoms with Crippen molar-refractivity contribution in [2.75, 3.05) is 0 Å². The van der Waals surface area contributed by atoms with Crippen molar-refractivity contribution >= 4 is 50.1 Å². The molecule has 0 saturated heterocycles. The zero-order chi connectivity index (χ0) is 4.50. The Hall–Kier alpha value is 1.83. The average molecular weight is 288 g/mol. The largest absolute Gasteiger partial charge is 0.344 e. The molecule has 0 spiro atoms. The van der Waals surface area contributed by atoms with Crippen LogP contribution in [0.3, 0.4) is 0 Å². The fraction of sp³-hybridized carbons (Fsp3) is 0. The van der Waals surface area contributed by atoms with Crippen molar-refractivity contribution in [1.29, 1.82) is 0 Å². The summed E-state index contributed by atoms with van der Waals surface area (Å²) in [4.78, 5) is 8.38. The molecule has 5 heavy (non-hydrogen) atoms. The molecule has 0 aliphatic rings. The summed E-state index contributed by atoms with van der Waals surface area (Å²) in [6, 6.07) is 0. The Morgan fingerprint density at radius 3 is 1.20 bits per heavy atom. The van der Waals surface area contributed by atoms with Crippen molar-refractivity contribution in [3.8, 4) is 0 Å². The van der Waals surface area contributed by atoms with E-state index in [0.717, 1.165) is 0 Å². The quantitative estimate of drug-likeness (QED) is 0.679. The van der Waals surface area contributed by atoms with Crippen LogP contribution < -0.4 is 0 Å². The van der Waals surface area contributed by atoms with Crippen molar-refractivity contribution in [3.05, 3.63) is 0 Å². The predicted octanol–water partition coefficient (Wildman–Crippen LogP) is 2.84. The standard InChI is InChI=1S/Br3HOP/c1-5(2,3)4/h4H/q+1. The van der Waals surface area contributed by atoms with E-state index in [4.69, 9.17) is 4.89 Å². The summed E-state index contributed by atoms with van der Waals surface area (Å²) in [5.41, 5.74) is 0. The van der Waals surface area contributed by atoms with Gasteiger partial charge in [0, 0.05) is 0 Å². The van der Waals surface area contributed by atoms with Gasteiger partial charge < -0.3 is 0 Å². The zero-order valence-corrected chi connectivity index (χ0v) is 7.68. The minimum absolute atomic E-state index is 1.95. The maximum absolute atomic E-state index is 8.38. The van der Waals surface area contributed by atoms with Gasteiger partial charge in [0.05, 0.1) is 0 Å². The first-order valence-electron chi connectivity index (χ1n) is 0.707. The van der Waals surface area contributed by atoms with E-state index >= 15 is 0 Å². The van der Waals surface area contributed by atoms with E-state index in [0.29, 0.717) is 0 Å². The van der Waals surface area contributed by atoms with Crippen LogP contribution >= 0.6 is 50.1 Å². The maximum Gasteiger partial charge on any atom is 0.344 e. The van der Waals surface area contributed by atoms with Gasteiger partial charge in [-0.25, -0.2) is 4.89 Å². The van der Waals surface area contributed by atoms with E-state index in [-0.39, 0.29) is 0 Å². The monoisotopic (exact) mass is 285 g/mol. The van der Waals surface area contributed by atoms with E-state index in [9.17, 15) is 0 Å². The van der Waals surface area contributed by atoms with Crippen LogP contribution in [0.15, 0.2) is 0 Å². The lowest BCUT2D eigenvalue weighted by atomic mass is 15.9. The molecule has 5 heteroatoms. The third-order valence-corrected chi connectivity index (χ3v) is 0. The van der Waals surface area contributed by atoms with Crippen molar-refractivity contribution in [2.45, 2.75) is 0 Å². The van der Waals surface area contributed by atoms with Gasteiger partial charge in [-0.1, -0.05) is 0 Å². The van der Waals surface area contributed by atoms with Gasteiger partial charge in [-0.2, -0.15) is 0 Å². The predicted molar refractivity (Wildman–Crippen MR) is 35.9 cm³/mol. The number of rotatable bonds is 0. The molecule has 0 bridgehead atoms. The summed E-state index contributed by atoms with van der Waals surface area (Å²) in [6.07, 6.45) is 0. The maximum atomic E-state index is 8.38. The van der Waals surface area contributed by atoms with Gasteiger partial charge >= 0.3 is 3.60 Å². The SMILES string of the molecule is O[P+](Br)(Br)Br. The molecule has 0 radical (unpaired) electrons. The van der Waals surface area contributed by atoms with E-state index in [2.05, 4.69) is 46.5 Å². The summed E-state index contributed by atoms with van der Waals surface area (Å²) in [7, 11) is 0. The summed E-state index contributed by atoms with van der Waals surface area (Å²) < 4.78 is -1.95. The summed E-state index contributed by atoms with van der Waals surface area (Å²) in [5, 5.41) is 0. The fourth-order valence-electron chi connectivity index (χ4n) is 0. The van der Waals surface area contributed by atoms with Crippen LogP contribution in [0.25, 0.3) is 0 Å². The van der Waals surface area contributed by atoms with Crippen LogP contribution in [0.2, 0.25) is 0 Å². The van der Waals surface area contributed by atoms with E-state index in [1.807, 2.05) is 0 Å². The van der Waals surface area contributed by atoms with Gasteiger partial charge in [0.15, 0.2) is 0 Å². The van der Waals surface area contributed by atoms with Crippen LogP contribution in [-0.2, 0) is 0 Å². The lowest BCUT2D eigenvalue weighted by molar-refractivity contribution is 0.655. The van der Waals surface area contributed by atoms with E-state index in [1.54, 1.807) is 0 Å². The average Bonchev–Trinajstić information content (AvgIpc) is 0.722. The second kappa shape index (κ2) is 2.22. The Morgan fingerprint density at radius 2 is 1.20 bits per heavy atom. The molecule has 0 rings (SSSR count). The molecule has 1 N–H and O–H groups in total. The third-order valence-electron chi connectivity index (χ3n) is 0. The normalized spacial score (nSPS) is 12.0. The third kappa shape index (κ3) is 25.5. The minimum atomic E-state index is -1.95. The summed E-state index contributed by atoms with van der Waals surface area (Å²) in [6.45, 7) is 0. The van der Waals surface area contributed by atoms with Gasteiger partial charge in [-0.15, -0.1) is 0 Å². The molecule has 32 valence electrons. The number of hydrogen-bond acceptors (Lipinski definition) is 1. The molecule has 0 fully saturated rings. The van der Waals surface area contributed by atoms with E-state index in [1.165, 1.54) is 0 Å². The van der Waals surface area contributed by atoms with Crippen molar-refractivity contribution in [3.63, 3.8) is 0 Å². The van der Waals surface area contributed by atoms with Gasteiger partial charge in [0.1, 0.15) is 0 Å². The smallest absolute Gasteiger partial charge is 0.217 e. The highest BCUT2D eigenvalue weighted by atomic mass is 80.0. The Morgan fingerprint density at radius 1 is 1.20 bits per heavy atom. The topological polar surface area (TPSA) is 20.2 Å². The molecular weight excluding hydrogens is 287 g/mol. The van der Waals surface area contributed by atoms with Crippen molar-refractivity contribution in [2.24, 2.45) is 0 Å². The molecule has 0 aromatic rings. The van der Waals surface area contributed by atoms with Crippen LogP contribution in [0.5, 0.6) is 0 Å². The lowest BCUT2D eigenvalue weighted by Gasteiger charge is -1.79. The van der Waals surface area contributed by atoms with Gasteiger partial charge in [0.2, 0.25) is 46.5 Å².